The molecule has 0 spiro atoms. The van der Waals surface area contributed by atoms with Gasteiger partial charge in [0.15, 0.2) is 0 Å². The molecule has 0 saturated carbocycles. The highest BCUT2D eigenvalue weighted by atomic mass is 16.2. The van der Waals surface area contributed by atoms with Crippen molar-refractivity contribution in [3.05, 3.63) is 131 Å². The van der Waals surface area contributed by atoms with Crippen molar-refractivity contribution >= 4 is 35.0 Å². The lowest BCUT2D eigenvalue weighted by Gasteiger charge is -2.24. The summed E-state index contributed by atoms with van der Waals surface area (Å²) in [5, 5.41) is 6.01. The van der Waals surface area contributed by atoms with Crippen LogP contribution in [0.5, 0.6) is 0 Å². The number of nitrogens with zero attached hydrogens (tertiary/aromatic N) is 2. The molecular formula is C40H42N4O4. The third-order valence-corrected chi connectivity index (χ3v) is 9.29. The molecule has 0 radical (unpaired) electrons. The monoisotopic (exact) mass is 642 g/mol. The van der Waals surface area contributed by atoms with E-state index >= 15 is 0 Å². The van der Waals surface area contributed by atoms with Gasteiger partial charge in [0.05, 0.1) is 12.8 Å². The Bertz CT molecular complexity index is 1580. The second-order valence-corrected chi connectivity index (χ2v) is 12.7. The van der Waals surface area contributed by atoms with E-state index in [1.54, 1.807) is 9.80 Å². The van der Waals surface area contributed by atoms with Gasteiger partial charge in [0.2, 0.25) is 23.6 Å². The molecule has 0 bridgehead atoms. The zero-order valence-corrected chi connectivity index (χ0v) is 27.1. The predicted molar refractivity (Wildman–Crippen MR) is 187 cm³/mol. The number of rotatable bonds is 11. The van der Waals surface area contributed by atoms with Gasteiger partial charge in [-0.3, -0.25) is 19.2 Å². The van der Waals surface area contributed by atoms with Gasteiger partial charge >= 0.3 is 0 Å². The number of anilines is 2. The summed E-state index contributed by atoms with van der Waals surface area (Å²) in [5.74, 6) is -0.325. The Balaban J connectivity index is 0.956. The third kappa shape index (κ3) is 8.37. The zero-order valence-electron chi connectivity index (χ0n) is 27.1. The summed E-state index contributed by atoms with van der Waals surface area (Å²) in [6, 6.07) is 34.1. The van der Waals surface area contributed by atoms with Crippen molar-refractivity contribution in [3.63, 3.8) is 0 Å². The Morgan fingerprint density at radius 1 is 0.500 bits per heavy atom. The SMILES string of the molecule is O=C(Nc1ccc(CCc2ccc(NC(=O)[C@@H]3CCCN3C(=O)Cc3ccccc3)cc2)cc1)[C@@H]1CCCN1C(=O)Cc1ccccc1. The molecule has 6 rings (SSSR count). The Morgan fingerprint density at radius 3 is 1.25 bits per heavy atom. The topological polar surface area (TPSA) is 98.8 Å². The molecule has 2 aliphatic heterocycles. The molecule has 2 atom stereocenters. The van der Waals surface area contributed by atoms with Crippen LogP contribution in [0, 0.1) is 0 Å². The molecule has 8 heteroatoms. The molecule has 2 saturated heterocycles. The molecule has 246 valence electrons. The minimum atomic E-state index is -0.451. The molecule has 4 amide bonds. The number of amides is 4. The second-order valence-electron chi connectivity index (χ2n) is 12.7. The molecule has 2 fully saturated rings. The molecule has 2 aliphatic rings. The highest BCUT2D eigenvalue weighted by Crippen LogP contribution is 2.23. The van der Waals surface area contributed by atoms with Crippen LogP contribution in [0.4, 0.5) is 11.4 Å². The van der Waals surface area contributed by atoms with E-state index in [4.69, 9.17) is 0 Å². The van der Waals surface area contributed by atoms with Crippen molar-refractivity contribution in [3.8, 4) is 0 Å². The van der Waals surface area contributed by atoms with Gasteiger partial charge in [-0.05, 0) is 85.0 Å². The first kappa shape index (κ1) is 32.7. The second kappa shape index (κ2) is 15.6. The Kier molecular flexibility index (Phi) is 10.6. The van der Waals surface area contributed by atoms with Crippen LogP contribution in [0.15, 0.2) is 109 Å². The molecule has 48 heavy (non-hydrogen) atoms. The van der Waals surface area contributed by atoms with Gasteiger partial charge in [-0.15, -0.1) is 0 Å². The summed E-state index contributed by atoms with van der Waals surface area (Å²) in [6.07, 6.45) is 5.22. The number of hydrogen-bond acceptors (Lipinski definition) is 4. The number of nitrogens with one attached hydrogen (secondary N) is 2. The van der Waals surface area contributed by atoms with Crippen LogP contribution in [-0.4, -0.2) is 58.6 Å². The first-order valence-electron chi connectivity index (χ1n) is 16.9. The maximum atomic E-state index is 13.1. The number of hydrogen-bond donors (Lipinski definition) is 2. The van der Waals surface area contributed by atoms with Crippen LogP contribution in [-0.2, 0) is 44.9 Å². The summed E-state index contributed by atoms with van der Waals surface area (Å²) in [7, 11) is 0. The van der Waals surface area contributed by atoms with Gasteiger partial charge in [0, 0.05) is 24.5 Å². The normalized spacial score (nSPS) is 17.2. The van der Waals surface area contributed by atoms with Crippen molar-refractivity contribution < 1.29 is 19.2 Å². The van der Waals surface area contributed by atoms with E-state index in [0.29, 0.717) is 50.1 Å². The smallest absolute Gasteiger partial charge is 0.247 e. The van der Waals surface area contributed by atoms with Gasteiger partial charge in [0.25, 0.3) is 0 Å². The summed E-state index contributed by atoms with van der Waals surface area (Å²) < 4.78 is 0. The summed E-state index contributed by atoms with van der Waals surface area (Å²) >= 11 is 0. The van der Waals surface area contributed by atoms with Crippen molar-refractivity contribution in [2.24, 2.45) is 0 Å². The van der Waals surface area contributed by atoms with E-state index in [1.165, 1.54) is 0 Å². The van der Waals surface area contributed by atoms with Gasteiger partial charge in [-0.2, -0.15) is 0 Å². The maximum absolute atomic E-state index is 13.1. The van der Waals surface area contributed by atoms with E-state index < -0.39 is 12.1 Å². The van der Waals surface area contributed by atoms with Crippen molar-refractivity contribution in [2.75, 3.05) is 23.7 Å². The third-order valence-electron chi connectivity index (χ3n) is 9.29. The van der Waals surface area contributed by atoms with Gasteiger partial charge < -0.3 is 20.4 Å². The number of carbonyl (C=O) groups is 4. The lowest BCUT2D eigenvalue weighted by Crippen LogP contribution is -2.43. The van der Waals surface area contributed by atoms with E-state index in [2.05, 4.69) is 10.6 Å². The zero-order chi connectivity index (χ0) is 33.3. The van der Waals surface area contributed by atoms with Crippen LogP contribution >= 0.6 is 0 Å². The highest BCUT2D eigenvalue weighted by molar-refractivity contribution is 5.98. The van der Waals surface area contributed by atoms with Crippen LogP contribution in [0.1, 0.15) is 47.9 Å². The van der Waals surface area contributed by atoms with E-state index in [0.717, 1.165) is 47.9 Å². The summed E-state index contributed by atoms with van der Waals surface area (Å²) in [4.78, 5) is 55.5. The first-order chi connectivity index (χ1) is 23.4. The molecule has 0 aromatic heterocycles. The van der Waals surface area contributed by atoms with Crippen LogP contribution < -0.4 is 10.6 Å². The van der Waals surface area contributed by atoms with Gasteiger partial charge in [-0.25, -0.2) is 0 Å². The molecule has 4 aromatic carbocycles. The summed E-state index contributed by atoms with van der Waals surface area (Å²) in [6.45, 7) is 1.21. The lowest BCUT2D eigenvalue weighted by molar-refractivity contribution is -0.136. The number of carbonyl (C=O) groups excluding carboxylic acids is 4. The number of aryl methyl sites for hydroxylation is 2. The van der Waals surface area contributed by atoms with Crippen molar-refractivity contribution in [2.45, 2.75) is 63.5 Å². The number of likely N-dealkylation sites (tertiary alicyclic amines) is 2. The molecule has 2 N–H and O–H groups in total. The van der Waals surface area contributed by atoms with Crippen LogP contribution in [0.3, 0.4) is 0 Å². The van der Waals surface area contributed by atoms with Crippen LogP contribution in [0.25, 0.3) is 0 Å². The first-order valence-corrected chi connectivity index (χ1v) is 16.9. The Hall–Kier alpha value is -5.24. The highest BCUT2D eigenvalue weighted by Gasteiger charge is 2.35. The van der Waals surface area contributed by atoms with Gasteiger partial charge in [0.1, 0.15) is 12.1 Å². The average Bonchev–Trinajstić information content (AvgIpc) is 3.81. The van der Waals surface area contributed by atoms with Gasteiger partial charge in [-0.1, -0.05) is 84.9 Å². The molecule has 2 heterocycles. The summed E-state index contributed by atoms with van der Waals surface area (Å²) in [5.41, 5.74) is 5.63. The van der Waals surface area contributed by atoms with Crippen LogP contribution in [0.2, 0.25) is 0 Å². The minimum absolute atomic E-state index is 0.0175. The predicted octanol–water partition coefficient (Wildman–Crippen LogP) is 5.82. The fourth-order valence-corrected chi connectivity index (χ4v) is 6.67. The standard InChI is InChI=1S/C40H42N4O4/c45-37(27-31-9-3-1-4-10-31)43-25-7-13-35(43)39(47)41-33-21-17-29(18-22-33)15-16-30-19-23-34(24-20-30)42-40(48)36-14-8-26-44(36)38(46)28-32-11-5-2-6-12-32/h1-6,9-12,17-24,35-36H,7-8,13-16,25-28H2,(H,41,47)(H,42,48)/t35-,36-/m0/s1. The lowest BCUT2D eigenvalue weighted by atomic mass is 10.0. The maximum Gasteiger partial charge on any atom is 0.247 e. The average molecular weight is 643 g/mol. The van der Waals surface area contributed by atoms with E-state index in [-0.39, 0.29) is 23.6 Å². The Labute approximate surface area is 282 Å². The van der Waals surface area contributed by atoms with Crippen molar-refractivity contribution in [1.82, 2.24) is 9.80 Å². The molecular weight excluding hydrogens is 600 g/mol. The number of benzene rings is 4. The fraction of sp³-hybridized carbons (Fsp3) is 0.300. The molecule has 0 unspecified atom stereocenters. The Morgan fingerprint density at radius 2 is 0.875 bits per heavy atom. The van der Waals surface area contributed by atoms with Crippen molar-refractivity contribution in [1.29, 1.82) is 0 Å². The largest absolute Gasteiger partial charge is 0.330 e. The molecule has 8 nitrogen and oxygen atoms in total. The molecule has 0 aliphatic carbocycles. The molecule has 4 aromatic rings. The quantitative estimate of drug-likeness (QED) is 0.216. The van der Waals surface area contributed by atoms with E-state index in [1.807, 2.05) is 109 Å². The minimum Gasteiger partial charge on any atom is -0.330 e. The fourth-order valence-electron chi connectivity index (χ4n) is 6.67. The van der Waals surface area contributed by atoms with E-state index in [9.17, 15) is 19.2 Å².